The minimum Gasteiger partial charge on any atom is -0.319 e. The van der Waals surface area contributed by atoms with Crippen LogP contribution in [0.3, 0.4) is 0 Å². The molecule has 20 heavy (non-hydrogen) atoms. The third kappa shape index (κ3) is 8.29. The van der Waals surface area contributed by atoms with Gasteiger partial charge in [-0.15, -0.1) is 0 Å². The van der Waals surface area contributed by atoms with Gasteiger partial charge in [0.25, 0.3) is 0 Å². The van der Waals surface area contributed by atoms with Gasteiger partial charge < -0.3 is 5.32 Å². The lowest BCUT2D eigenvalue weighted by Gasteiger charge is -2.25. The lowest BCUT2D eigenvalue weighted by molar-refractivity contribution is 0.280. The lowest BCUT2D eigenvalue weighted by Crippen LogP contribution is -2.25. The first-order valence-electron chi connectivity index (χ1n) is 9.53. The Labute approximate surface area is 128 Å². The van der Waals surface area contributed by atoms with Gasteiger partial charge in [-0.2, -0.15) is 0 Å². The molecule has 0 heterocycles. The molecule has 0 radical (unpaired) electrons. The average molecular weight is 282 g/mol. The van der Waals surface area contributed by atoms with Crippen LogP contribution < -0.4 is 5.32 Å². The molecular formula is C19H39N. The predicted molar refractivity (Wildman–Crippen MR) is 91.2 cm³/mol. The van der Waals surface area contributed by atoms with Crippen LogP contribution >= 0.6 is 0 Å². The van der Waals surface area contributed by atoms with Crippen LogP contribution in [0.25, 0.3) is 0 Å². The molecule has 1 aliphatic rings. The smallest absolute Gasteiger partial charge is 0.00209 e. The van der Waals surface area contributed by atoms with Crippen molar-refractivity contribution in [3.05, 3.63) is 0 Å². The summed E-state index contributed by atoms with van der Waals surface area (Å²) in [5.74, 6) is 1.98. The molecule has 0 amide bonds. The number of hydrogen-bond acceptors (Lipinski definition) is 1. The molecule has 0 aliphatic heterocycles. The van der Waals surface area contributed by atoms with Gasteiger partial charge in [0.2, 0.25) is 0 Å². The van der Waals surface area contributed by atoms with Gasteiger partial charge in [0, 0.05) is 0 Å². The van der Waals surface area contributed by atoms with Crippen LogP contribution in [0.15, 0.2) is 0 Å². The van der Waals surface area contributed by atoms with Gasteiger partial charge in [-0.25, -0.2) is 0 Å². The summed E-state index contributed by atoms with van der Waals surface area (Å²) in [6.07, 6.45) is 20.6. The first kappa shape index (κ1) is 18.0. The molecule has 1 nitrogen and oxygen atoms in total. The van der Waals surface area contributed by atoms with Gasteiger partial charge in [-0.05, 0) is 31.8 Å². The summed E-state index contributed by atoms with van der Waals surface area (Å²) < 4.78 is 0. The van der Waals surface area contributed by atoms with E-state index >= 15 is 0 Å². The van der Waals surface area contributed by atoms with Crippen molar-refractivity contribution in [2.75, 3.05) is 13.6 Å². The average Bonchev–Trinajstić information content (AvgIpc) is 2.68. The molecular weight excluding hydrogens is 242 g/mol. The van der Waals surface area contributed by atoms with E-state index in [0.29, 0.717) is 0 Å². The zero-order valence-corrected chi connectivity index (χ0v) is 14.3. The van der Waals surface area contributed by atoms with Crippen molar-refractivity contribution < 1.29 is 0 Å². The summed E-state index contributed by atoms with van der Waals surface area (Å²) in [7, 11) is 2.12. The topological polar surface area (TPSA) is 12.0 Å². The summed E-state index contributed by atoms with van der Waals surface area (Å²) in [6.45, 7) is 3.55. The maximum Gasteiger partial charge on any atom is -0.00209 e. The van der Waals surface area contributed by atoms with Crippen LogP contribution in [0.2, 0.25) is 0 Å². The van der Waals surface area contributed by atoms with E-state index in [1.165, 1.54) is 96.4 Å². The third-order valence-electron chi connectivity index (χ3n) is 5.21. The monoisotopic (exact) mass is 281 g/mol. The highest BCUT2D eigenvalue weighted by Crippen LogP contribution is 2.32. The van der Waals surface area contributed by atoms with Crippen molar-refractivity contribution in [3.8, 4) is 0 Å². The molecule has 0 aromatic carbocycles. The van der Waals surface area contributed by atoms with Gasteiger partial charge >= 0.3 is 0 Å². The molecule has 2 atom stereocenters. The van der Waals surface area contributed by atoms with E-state index in [1.807, 2.05) is 0 Å². The molecule has 0 spiro atoms. The minimum absolute atomic E-state index is 0.965. The standard InChI is InChI=1S/C19H39N/c1-3-4-5-6-7-8-9-11-14-18-15-12-10-13-16-19(18)17-20-2/h18-20H,3-17H2,1-2H3. The van der Waals surface area contributed by atoms with E-state index in [9.17, 15) is 0 Å². The quantitative estimate of drug-likeness (QED) is 0.365. The van der Waals surface area contributed by atoms with Crippen LogP contribution in [-0.4, -0.2) is 13.6 Å². The van der Waals surface area contributed by atoms with E-state index in [2.05, 4.69) is 19.3 Å². The van der Waals surface area contributed by atoms with Crippen molar-refractivity contribution in [1.29, 1.82) is 0 Å². The van der Waals surface area contributed by atoms with Gasteiger partial charge in [0.1, 0.15) is 0 Å². The molecule has 1 heteroatoms. The highest BCUT2D eigenvalue weighted by Gasteiger charge is 2.22. The first-order chi connectivity index (χ1) is 9.88. The fourth-order valence-corrected chi connectivity index (χ4v) is 3.91. The molecule has 2 unspecified atom stereocenters. The first-order valence-corrected chi connectivity index (χ1v) is 9.53. The van der Waals surface area contributed by atoms with E-state index < -0.39 is 0 Å². The zero-order valence-electron chi connectivity index (χ0n) is 14.3. The molecule has 0 aromatic rings. The fraction of sp³-hybridized carbons (Fsp3) is 1.00. The maximum atomic E-state index is 3.43. The van der Waals surface area contributed by atoms with Gasteiger partial charge in [0.15, 0.2) is 0 Å². The molecule has 1 N–H and O–H groups in total. The number of unbranched alkanes of at least 4 members (excludes halogenated alkanes) is 7. The summed E-state index contributed by atoms with van der Waals surface area (Å²) >= 11 is 0. The highest BCUT2D eigenvalue weighted by atomic mass is 14.8. The Kier molecular flexibility index (Phi) is 11.4. The number of nitrogens with one attached hydrogen (secondary N) is 1. The zero-order chi connectivity index (χ0) is 14.5. The van der Waals surface area contributed by atoms with Crippen LogP contribution in [0, 0.1) is 11.8 Å². The summed E-state index contributed by atoms with van der Waals surface area (Å²) in [6, 6.07) is 0. The Morgan fingerprint density at radius 3 is 2.00 bits per heavy atom. The summed E-state index contributed by atoms with van der Waals surface area (Å²) in [5, 5.41) is 3.43. The Hall–Kier alpha value is -0.0400. The molecule has 1 fully saturated rings. The predicted octanol–water partition coefficient (Wildman–Crippen LogP) is 5.93. The summed E-state index contributed by atoms with van der Waals surface area (Å²) in [5.41, 5.74) is 0. The lowest BCUT2D eigenvalue weighted by atomic mass is 9.84. The second kappa shape index (κ2) is 12.7. The second-order valence-electron chi connectivity index (χ2n) is 6.98. The number of hydrogen-bond donors (Lipinski definition) is 1. The van der Waals surface area contributed by atoms with Gasteiger partial charge in [0.05, 0.1) is 0 Å². The van der Waals surface area contributed by atoms with Gasteiger partial charge in [-0.1, -0.05) is 90.4 Å². The van der Waals surface area contributed by atoms with Gasteiger partial charge in [-0.3, -0.25) is 0 Å². The van der Waals surface area contributed by atoms with Crippen LogP contribution in [0.5, 0.6) is 0 Å². The fourth-order valence-electron chi connectivity index (χ4n) is 3.91. The molecule has 1 rings (SSSR count). The van der Waals surface area contributed by atoms with Crippen LogP contribution in [0.1, 0.15) is 96.8 Å². The molecule has 0 saturated heterocycles. The number of rotatable bonds is 11. The SMILES string of the molecule is CCCCCCCCCCC1CCCCCC1CNC. The molecule has 0 aromatic heterocycles. The van der Waals surface area contributed by atoms with E-state index in [1.54, 1.807) is 0 Å². The van der Waals surface area contributed by atoms with E-state index in [4.69, 9.17) is 0 Å². The van der Waals surface area contributed by atoms with Crippen molar-refractivity contribution in [2.24, 2.45) is 11.8 Å². The largest absolute Gasteiger partial charge is 0.319 e. The maximum absolute atomic E-state index is 3.43. The second-order valence-corrected chi connectivity index (χ2v) is 6.98. The normalized spacial score (nSPS) is 23.7. The van der Waals surface area contributed by atoms with Crippen LogP contribution in [0.4, 0.5) is 0 Å². The Morgan fingerprint density at radius 1 is 0.750 bits per heavy atom. The van der Waals surface area contributed by atoms with E-state index in [-0.39, 0.29) is 0 Å². The minimum atomic E-state index is 0.965. The Morgan fingerprint density at radius 2 is 1.35 bits per heavy atom. The molecule has 1 aliphatic carbocycles. The molecule has 120 valence electrons. The van der Waals surface area contributed by atoms with Crippen molar-refractivity contribution in [1.82, 2.24) is 5.32 Å². The third-order valence-corrected chi connectivity index (χ3v) is 5.21. The van der Waals surface area contributed by atoms with Crippen LogP contribution in [-0.2, 0) is 0 Å². The highest BCUT2D eigenvalue weighted by molar-refractivity contribution is 4.75. The Balaban J connectivity index is 2.05. The van der Waals surface area contributed by atoms with Crippen molar-refractivity contribution in [2.45, 2.75) is 96.8 Å². The van der Waals surface area contributed by atoms with E-state index in [0.717, 1.165) is 11.8 Å². The Bertz CT molecular complexity index is 202. The molecule has 1 saturated carbocycles. The van der Waals surface area contributed by atoms with Crippen molar-refractivity contribution >= 4 is 0 Å². The molecule has 0 bridgehead atoms. The summed E-state index contributed by atoms with van der Waals surface area (Å²) in [4.78, 5) is 0. The van der Waals surface area contributed by atoms with Crippen molar-refractivity contribution in [3.63, 3.8) is 0 Å².